The maximum Gasteiger partial charge on any atom is 0.338 e. The number of allylic oxidation sites excluding steroid dienone is 2. The number of rotatable bonds is 5. The van der Waals surface area contributed by atoms with Gasteiger partial charge in [0.25, 0.3) is 0 Å². The van der Waals surface area contributed by atoms with Crippen molar-refractivity contribution in [1.29, 1.82) is 0 Å². The summed E-state index contributed by atoms with van der Waals surface area (Å²) in [5, 5.41) is 0. The molecule has 1 aliphatic carbocycles. The van der Waals surface area contributed by atoms with Gasteiger partial charge in [-0.25, -0.2) is 4.79 Å². The molecule has 4 rings (SSSR count). The molecule has 0 aromatic heterocycles. The maximum atomic E-state index is 12.9. The van der Waals surface area contributed by atoms with E-state index in [4.69, 9.17) is 4.74 Å². The molecule has 0 radical (unpaired) electrons. The van der Waals surface area contributed by atoms with E-state index in [1.54, 1.807) is 36.4 Å². The molecule has 1 aliphatic heterocycles. The Balaban J connectivity index is 1.47. The highest BCUT2D eigenvalue weighted by atomic mass is 79.9. The van der Waals surface area contributed by atoms with Crippen molar-refractivity contribution in [2.24, 2.45) is 17.8 Å². The molecule has 3 unspecified atom stereocenters. The summed E-state index contributed by atoms with van der Waals surface area (Å²) in [6.45, 7) is 1.53. The molecule has 1 saturated heterocycles. The molecular formula is C24H20BrNO5. The van der Waals surface area contributed by atoms with Gasteiger partial charge in [0.05, 0.1) is 23.1 Å². The Hall–Kier alpha value is -3.06. The molecule has 0 N–H and O–H groups in total. The molecule has 6 nitrogen and oxygen atoms in total. The second-order valence-electron chi connectivity index (χ2n) is 7.72. The number of imide groups is 1. The number of carbonyl (C=O) groups is 4. The Morgan fingerprint density at radius 2 is 1.81 bits per heavy atom. The van der Waals surface area contributed by atoms with Gasteiger partial charge in [0.2, 0.25) is 11.8 Å². The van der Waals surface area contributed by atoms with Crippen molar-refractivity contribution < 1.29 is 23.9 Å². The predicted octanol–water partition coefficient (Wildman–Crippen LogP) is 4.19. The van der Waals surface area contributed by atoms with Gasteiger partial charge in [0.15, 0.2) is 12.4 Å². The van der Waals surface area contributed by atoms with Crippen LogP contribution in [0, 0.1) is 17.8 Å². The van der Waals surface area contributed by atoms with Crippen LogP contribution in [0.5, 0.6) is 0 Å². The SMILES string of the molecule is CC1C=CCC2C(=O)N(c3cccc(C(=O)OCC(=O)c4ccc(Br)cc4)c3)C(=O)C12. The zero-order valence-electron chi connectivity index (χ0n) is 16.8. The van der Waals surface area contributed by atoms with E-state index in [2.05, 4.69) is 15.9 Å². The number of amides is 2. The Kier molecular flexibility index (Phi) is 5.87. The molecule has 158 valence electrons. The summed E-state index contributed by atoms with van der Waals surface area (Å²) in [4.78, 5) is 51.7. The third-order valence-electron chi connectivity index (χ3n) is 5.71. The highest BCUT2D eigenvalue weighted by Crippen LogP contribution is 2.40. The van der Waals surface area contributed by atoms with Gasteiger partial charge < -0.3 is 4.74 Å². The van der Waals surface area contributed by atoms with Crippen molar-refractivity contribution in [1.82, 2.24) is 0 Å². The molecule has 2 aliphatic rings. The molecule has 31 heavy (non-hydrogen) atoms. The van der Waals surface area contributed by atoms with Gasteiger partial charge in [0, 0.05) is 10.0 Å². The Morgan fingerprint density at radius 1 is 1.06 bits per heavy atom. The quantitative estimate of drug-likeness (QED) is 0.276. The summed E-state index contributed by atoms with van der Waals surface area (Å²) in [5.74, 6) is -2.28. The van der Waals surface area contributed by atoms with E-state index < -0.39 is 12.6 Å². The Bertz CT molecular complexity index is 1090. The second-order valence-corrected chi connectivity index (χ2v) is 8.64. The first-order valence-electron chi connectivity index (χ1n) is 9.97. The summed E-state index contributed by atoms with van der Waals surface area (Å²) in [6.07, 6.45) is 4.44. The first-order chi connectivity index (χ1) is 14.9. The summed E-state index contributed by atoms with van der Waals surface area (Å²) in [7, 11) is 0. The number of fused-ring (bicyclic) bond motifs is 1. The summed E-state index contributed by atoms with van der Waals surface area (Å²) in [5.41, 5.74) is 0.941. The molecule has 2 amide bonds. The van der Waals surface area contributed by atoms with E-state index >= 15 is 0 Å². The number of benzene rings is 2. The van der Waals surface area contributed by atoms with Crippen molar-refractivity contribution in [2.75, 3.05) is 11.5 Å². The molecule has 2 aromatic rings. The van der Waals surface area contributed by atoms with E-state index in [0.717, 1.165) is 4.47 Å². The third-order valence-corrected chi connectivity index (χ3v) is 6.24. The standard InChI is InChI=1S/C24H20BrNO5/c1-14-4-2-7-19-21(14)23(29)26(22(19)28)18-6-3-5-16(12-18)24(30)31-13-20(27)15-8-10-17(25)11-9-15/h2-6,8-12,14,19,21H,7,13H2,1H3. The van der Waals surface area contributed by atoms with E-state index in [-0.39, 0.29) is 40.9 Å². The summed E-state index contributed by atoms with van der Waals surface area (Å²) >= 11 is 3.30. The fourth-order valence-corrected chi connectivity index (χ4v) is 4.37. The van der Waals surface area contributed by atoms with Crippen LogP contribution in [-0.2, 0) is 14.3 Å². The van der Waals surface area contributed by atoms with Crippen LogP contribution in [0.4, 0.5) is 5.69 Å². The number of hydrogen-bond donors (Lipinski definition) is 0. The number of ether oxygens (including phenoxy) is 1. The molecule has 1 heterocycles. The molecule has 1 fully saturated rings. The number of halogens is 1. The van der Waals surface area contributed by atoms with E-state index in [9.17, 15) is 19.2 Å². The number of nitrogens with zero attached hydrogens (tertiary/aromatic N) is 1. The van der Waals surface area contributed by atoms with Gasteiger partial charge in [-0.3, -0.25) is 19.3 Å². The average Bonchev–Trinajstić information content (AvgIpc) is 3.03. The molecule has 0 saturated carbocycles. The number of esters is 1. The van der Waals surface area contributed by atoms with Gasteiger partial charge in [-0.15, -0.1) is 0 Å². The van der Waals surface area contributed by atoms with Crippen LogP contribution in [0.15, 0.2) is 65.2 Å². The van der Waals surface area contributed by atoms with Crippen molar-refractivity contribution in [3.05, 3.63) is 76.3 Å². The smallest absolute Gasteiger partial charge is 0.338 e. The minimum absolute atomic E-state index is 0.0158. The fraction of sp³-hybridized carbons (Fsp3) is 0.250. The van der Waals surface area contributed by atoms with Gasteiger partial charge in [-0.2, -0.15) is 0 Å². The highest BCUT2D eigenvalue weighted by molar-refractivity contribution is 9.10. The molecular weight excluding hydrogens is 462 g/mol. The van der Waals surface area contributed by atoms with Crippen LogP contribution in [0.25, 0.3) is 0 Å². The van der Waals surface area contributed by atoms with Crippen LogP contribution in [0.1, 0.15) is 34.1 Å². The molecule has 2 aromatic carbocycles. The lowest BCUT2D eigenvalue weighted by atomic mass is 9.78. The van der Waals surface area contributed by atoms with E-state index in [1.807, 2.05) is 19.1 Å². The largest absolute Gasteiger partial charge is 0.454 e. The van der Waals surface area contributed by atoms with E-state index in [0.29, 0.717) is 17.7 Å². The van der Waals surface area contributed by atoms with Crippen molar-refractivity contribution in [2.45, 2.75) is 13.3 Å². The number of anilines is 1. The lowest BCUT2D eigenvalue weighted by Crippen LogP contribution is -2.31. The van der Waals surface area contributed by atoms with Crippen LogP contribution < -0.4 is 4.90 Å². The maximum absolute atomic E-state index is 12.9. The van der Waals surface area contributed by atoms with E-state index in [1.165, 1.54) is 17.0 Å². The summed E-state index contributed by atoms with van der Waals surface area (Å²) < 4.78 is 6.00. The van der Waals surface area contributed by atoms with Crippen LogP contribution in [0.3, 0.4) is 0 Å². The zero-order chi connectivity index (χ0) is 22.1. The highest BCUT2D eigenvalue weighted by Gasteiger charge is 2.50. The topological polar surface area (TPSA) is 80.8 Å². The first kappa shape index (κ1) is 21.2. The van der Waals surface area contributed by atoms with Crippen LogP contribution >= 0.6 is 15.9 Å². The van der Waals surface area contributed by atoms with Crippen LogP contribution in [0.2, 0.25) is 0 Å². The monoisotopic (exact) mass is 481 g/mol. The van der Waals surface area contributed by atoms with Gasteiger partial charge >= 0.3 is 5.97 Å². The number of Topliss-reactive ketones (excluding diaryl/α,β-unsaturated/α-hetero) is 1. The normalized spacial score (nSPS) is 22.4. The Morgan fingerprint density at radius 3 is 2.52 bits per heavy atom. The zero-order valence-corrected chi connectivity index (χ0v) is 18.4. The molecule has 0 bridgehead atoms. The van der Waals surface area contributed by atoms with Gasteiger partial charge in [-0.1, -0.05) is 53.2 Å². The molecule has 3 atom stereocenters. The average molecular weight is 482 g/mol. The lowest BCUT2D eigenvalue weighted by molar-refractivity contribution is -0.122. The molecule has 0 spiro atoms. The minimum atomic E-state index is -0.696. The van der Waals surface area contributed by atoms with Crippen molar-refractivity contribution >= 4 is 45.2 Å². The molecule has 7 heteroatoms. The van der Waals surface area contributed by atoms with Gasteiger partial charge in [-0.05, 0) is 42.7 Å². The predicted molar refractivity (Wildman–Crippen MR) is 118 cm³/mol. The van der Waals surface area contributed by atoms with Crippen molar-refractivity contribution in [3.8, 4) is 0 Å². The fourth-order valence-electron chi connectivity index (χ4n) is 4.11. The lowest BCUT2D eigenvalue weighted by Gasteiger charge is -2.22. The second kappa shape index (κ2) is 8.59. The minimum Gasteiger partial charge on any atom is -0.454 e. The number of ketones is 1. The van der Waals surface area contributed by atoms with Crippen molar-refractivity contribution in [3.63, 3.8) is 0 Å². The Labute approximate surface area is 188 Å². The first-order valence-corrected chi connectivity index (χ1v) is 10.8. The summed E-state index contributed by atoms with van der Waals surface area (Å²) in [6, 6.07) is 12.9. The van der Waals surface area contributed by atoms with Crippen LogP contribution in [-0.4, -0.2) is 30.2 Å². The number of carbonyl (C=O) groups excluding carboxylic acids is 4. The number of hydrogen-bond acceptors (Lipinski definition) is 5. The third kappa shape index (κ3) is 4.10. The van der Waals surface area contributed by atoms with Gasteiger partial charge in [0.1, 0.15) is 0 Å².